The van der Waals surface area contributed by atoms with Crippen molar-refractivity contribution < 1.29 is 13.2 Å². The van der Waals surface area contributed by atoms with Crippen molar-refractivity contribution in [3.05, 3.63) is 64.7 Å². The number of halogens is 1. The Kier molecular flexibility index (Phi) is 6.12. The van der Waals surface area contributed by atoms with Crippen molar-refractivity contribution in [2.45, 2.75) is 37.0 Å². The fraction of sp³-hybridized carbons (Fsp3) is 0.381. The van der Waals surface area contributed by atoms with Crippen LogP contribution in [0.5, 0.6) is 0 Å². The minimum absolute atomic E-state index is 0.109. The van der Waals surface area contributed by atoms with Crippen molar-refractivity contribution in [2.24, 2.45) is 5.92 Å². The standard InChI is InChI=1S/C21H25ClN2O3S/c1-21(2,17-8-10-18(22)11-9-17)14-23-20(25)16-4-3-5-19(12-16)28(26,27)24-13-15-6-7-15/h3-5,8-12,15,24H,6-7,13-14H2,1-2H3,(H,23,25). The molecule has 1 fully saturated rings. The molecule has 1 aliphatic carbocycles. The van der Waals surface area contributed by atoms with E-state index in [0.717, 1.165) is 18.4 Å². The molecule has 1 amide bonds. The molecule has 2 aromatic carbocycles. The van der Waals surface area contributed by atoms with E-state index in [1.807, 2.05) is 38.1 Å². The zero-order valence-corrected chi connectivity index (χ0v) is 17.6. The molecule has 3 rings (SSSR count). The fourth-order valence-electron chi connectivity index (χ4n) is 2.84. The first-order valence-electron chi connectivity index (χ1n) is 9.31. The summed E-state index contributed by atoms with van der Waals surface area (Å²) in [5.74, 6) is 0.137. The largest absolute Gasteiger partial charge is 0.351 e. The average molecular weight is 421 g/mol. The maximum Gasteiger partial charge on any atom is 0.251 e. The van der Waals surface area contributed by atoms with Crippen LogP contribution < -0.4 is 10.0 Å². The lowest BCUT2D eigenvalue weighted by Gasteiger charge is -2.25. The van der Waals surface area contributed by atoms with Crippen LogP contribution >= 0.6 is 11.6 Å². The first-order chi connectivity index (χ1) is 13.2. The minimum atomic E-state index is -3.60. The van der Waals surface area contributed by atoms with Gasteiger partial charge in [0.25, 0.3) is 5.91 Å². The van der Waals surface area contributed by atoms with Gasteiger partial charge in [0, 0.05) is 29.1 Å². The number of sulfonamides is 1. The molecule has 0 atom stereocenters. The smallest absolute Gasteiger partial charge is 0.251 e. The van der Waals surface area contributed by atoms with Crippen LogP contribution in [0.25, 0.3) is 0 Å². The number of carbonyl (C=O) groups is 1. The summed E-state index contributed by atoms with van der Waals surface area (Å²) in [6.45, 7) is 4.91. The van der Waals surface area contributed by atoms with Crippen LogP contribution in [-0.2, 0) is 15.4 Å². The van der Waals surface area contributed by atoms with Crippen molar-refractivity contribution >= 4 is 27.5 Å². The second-order valence-electron chi connectivity index (χ2n) is 7.90. The Hall–Kier alpha value is -1.89. The fourth-order valence-corrected chi connectivity index (χ4v) is 4.13. The summed E-state index contributed by atoms with van der Waals surface area (Å²) in [6.07, 6.45) is 2.13. The molecule has 1 saturated carbocycles. The molecule has 0 saturated heterocycles. The highest BCUT2D eigenvalue weighted by Crippen LogP contribution is 2.28. The van der Waals surface area contributed by atoms with Gasteiger partial charge in [-0.25, -0.2) is 13.1 Å². The quantitative estimate of drug-likeness (QED) is 0.683. The molecule has 0 spiro atoms. The van der Waals surface area contributed by atoms with Crippen LogP contribution in [0.1, 0.15) is 42.6 Å². The van der Waals surface area contributed by atoms with E-state index < -0.39 is 10.0 Å². The molecule has 28 heavy (non-hydrogen) atoms. The van der Waals surface area contributed by atoms with Gasteiger partial charge in [0.1, 0.15) is 0 Å². The van der Waals surface area contributed by atoms with Crippen LogP contribution in [-0.4, -0.2) is 27.4 Å². The third-order valence-corrected chi connectivity index (χ3v) is 6.66. The molecule has 0 aliphatic heterocycles. The average Bonchev–Trinajstić information content (AvgIpc) is 3.50. The van der Waals surface area contributed by atoms with Gasteiger partial charge in [-0.2, -0.15) is 0 Å². The van der Waals surface area contributed by atoms with Crippen LogP contribution in [0, 0.1) is 5.92 Å². The third-order valence-electron chi connectivity index (χ3n) is 4.98. The van der Waals surface area contributed by atoms with Gasteiger partial charge in [0.2, 0.25) is 10.0 Å². The second kappa shape index (κ2) is 8.23. The highest BCUT2D eigenvalue weighted by Gasteiger charge is 2.25. The molecular weight excluding hydrogens is 396 g/mol. The maximum absolute atomic E-state index is 12.6. The highest BCUT2D eigenvalue weighted by molar-refractivity contribution is 7.89. The molecule has 0 radical (unpaired) electrons. The Balaban J connectivity index is 1.66. The summed E-state index contributed by atoms with van der Waals surface area (Å²) in [4.78, 5) is 12.7. The first kappa shape index (κ1) is 20.8. The molecule has 0 bridgehead atoms. The van der Waals surface area contributed by atoms with Gasteiger partial charge in [-0.05, 0) is 54.7 Å². The van der Waals surface area contributed by atoms with Crippen molar-refractivity contribution in [3.63, 3.8) is 0 Å². The minimum Gasteiger partial charge on any atom is -0.351 e. The van der Waals surface area contributed by atoms with E-state index in [2.05, 4.69) is 10.0 Å². The molecule has 150 valence electrons. The van der Waals surface area contributed by atoms with E-state index in [9.17, 15) is 13.2 Å². The van der Waals surface area contributed by atoms with Crippen molar-refractivity contribution in [3.8, 4) is 0 Å². The van der Waals surface area contributed by atoms with Gasteiger partial charge in [-0.1, -0.05) is 43.6 Å². The Morgan fingerprint density at radius 3 is 2.46 bits per heavy atom. The number of hydrogen-bond acceptors (Lipinski definition) is 3. The molecular formula is C21H25ClN2O3S. The molecule has 7 heteroatoms. The van der Waals surface area contributed by atoms with Crippen molar-refractivity contribution in [1.29, 1.82) is 0 Å². The summed E-state index contributed by atoms with van der Waals surface area (Å²) < 4.78 is 27.4. The summed E-state index contributed by atoms with van der Waals surface area (Å²) >= 11 is 5.94. The summed E-state index contributed by atoms with van der Waals surface area (Å²) in [5, 5.41) is 3.57. The van der Waals surface area contributed by atoms with Gasteiger partial charge < -0.3 is 5.32 Å². The van der Waals surface area contributed by atoms with Crippen LogP contribution in [0.15, 0.2) is 53.4 Å². The SMILES string of the molecule is CC(C)(CNC(=O)c1cccc(S(=O)(=O)NCC2CC2)c1)c1ccc(Cl)cc1. The number of nitrogens with one attached hydrogen (secondary N) is 2. The van der Waals surface area contributed by atoms with Gasteiger partial charge >= 0.3 is 0 Å². The monoisotopic (exact) mass is 420 g/mol. The molecule has 0 unspecified atom stereocenters. The number of rotatable bonds is 8. The van der Waals surface area contributed by atoms with E-state index >= 15 is 0 Å². The number of benzene rings is 2. The molecule has 5 nitrogen and oxygen atoms in total. The van der Waals surface area contributed by atoms with E-state index in [-0.39, 0.29) is 16.2 Å². The Morgan fingerprint density at radius 1 is 1.14 bits per heavy atom. The maximum atomic E-state index is 12.6. The summed E-state index contributed by atoms with van der Waals surface area (Å²) in [7, 11) is -3.60. The third kappa shape index (κ3) is 5.34. The number of carbonyl (C=O) groups excluding carboxylic acids is 1. The molecule has 2 aromatic rings. The van der Waals surface area contributed by atoms with E-state index in [1.165, 1.54) is 12.1 Å². The lowest BCUT2D eigenvalue weighted by Crippen LogP contribution is -2.36. The van der Waals surface area contributed by atoms with Crippen LogP contribution in [0.4, 0.5) is 0 Å². The van der Waals surface area contributed by atoms with Gasteiger partial charge in [0.15, 0.2) is 0 Å². The topological polar surface area (TPSA) is 75.3 Å². The normalized spacial score (nSPS) is 14.7. The van der Waals surface area contributed by atoms with Gasteiger partial charge in [-0.15, -0.1) is 0 Å². The molecule has 0 heterocycles. The van der Waals surface area contributed by atoms with E-state index in [4.69, 9.17) is 11.6 Å². The summed E-state index contributed by atoms with van der Waals surface area (Å²) in [6, 6.07) is 13.6. The number of hydrogen-bond donors (Lipinski definition) is 2. The molecule has 0 aromatic heterocycles. The van der Waals surface area contributed by atoms with Crippen LogP contribution in [0.2, 0.25) is 5.02 Å². The van der Waals surface area contributed by atoms with E-state index in [0.29, 0.717) is 29.6 Å². The van der Waals surface area contributed by atoms with Crippen molar-refractivity contribution in [1.82, 2.24) is 10.0 Å². The lowest BCUT2D eigenvalue weighted by molar-refractivity contribution is 0.0945. The zero-order valence-electron chi connectivity index (χ0n) is 16.0. The Bertz CT molecular complexity index is 952. The van der Waals surface area contributed by atoms with Crippen LogP contribution in [0.3, 0.4) is 0 Å². The molecule has 2 N–H and O–H groups in total. The van der Waals surface area contributed by atoms with Gasteiger partial charge in [0.05, 0.1) is 4.90 Å². The molecule has 1 aliphatic rings. The first-order valence-corrected chi connectivity index (χ1v) is 11.2. The Labute approximate surface area is 171 Å². The predicted molar refractivity (Wildman–Crippen MR) is 111 cm³/mol. The highest BCUT2D eigenvalue weighted by atomic mass is 35.5. The Morgan fingerprint density at radius 2 is 1.82 bits per heavy atom. The van der Waals surface area contributed by atoms with E-state index in [1.54, 1.807) is 12.1 Å². The van der Waals surface area contributed by atoms with Gasteiger partial charge in [-0.3, -0.25) is 4.79 Å². The number of amides is 1. The zero-order chi connectivity index (χ0) is 20.4. The predicted octanol–water partition coefficient (Wildman–Crippen LogP) is 3.74. The van der Waals surface area contributed by atoms with Crippen molar-refractivity contribution in [2.75, 3.05) is 13.1 Å². The second-order valence-corrected chi connectivity index (χ2v) is 10.1. The lowest BCUT2D eigenvalue weighted by atomic mass is 9.84. The summed E-state index contributed by atoms with van der Waals surface area (Å²) in [5.41, 5.74) is 1.08.